The summed E-state index contributed by atoms with van der Waals surface area (Å²) in [5.41, 5.74) is 7.00. The molecule has 2 nitrogen and oxygen atoms in total. The van der Waals surface area contributed by atoms with Gasteiger partial charge in [0.25, 0.3) is 0 Å². The first-order valence-electron chi connectivity index (χ1n) is 6.29. The Morgan fingerprint density at radius 2 is 2.00 bits per heavy atom. The Morgan fingerprint density at radius 3 is 2.59 bits per heavy atom. The molecule has 2 rings (SSSR count). The fourth-order valence-electron chi connectivity index (χ4n) is 2.85. The lowest BCUT2D eigenvalue weighted by Gasteiger charge is -2.49. The fourth-order valence-corrected chi connectivity index (χ4v) is 2.85. The van der Waals surface area contributed by atoms with E-state index in [1.165, 1.54) is 18.6 Å². The van der Waals surface area contributed by atoms with Gasteiger partial charge in [-0.15, -0.1) is 0 Å². The monoisotopic (exact) mass is 236 g/mol. The minimum atomic E-state index is -0.182. The lowest BCUT2D eigenvalue weighted by Crippen LogP contribution is -2.55. The molecule has 1 aromatic rings. The second-order valence-corrected chi connectivity index (χ2v) is 5.36. The van der Waals surface area contributed by atoms with Gasteiger partial charge in [-0.1, -0.05) is 0 Å². The van der Waals surface area contributed by atoms with Crippen LogP contribution in [-0.4, -0.2) is 18.6 Å². The third-order valence-electron chi connectivity index (χ3n) is 4.05. The van der Waals surface area contributed by atoms with Gasteiger partial charge in [0.1, 0.15) is 5.82 Å². The molecule has 0 radical (unpaired) electrons. The van der Waals surface area contributed by atoms with Gasteiger partial charge in [0.15, 0.2) is 0 Å². The Morgan fingerprint density at radius 1 is 1.35 bits per heavy atom. The first-order chi connectivity index (χ1) is 8.05. The van der Waals surface area contributed by atoms with Crippen molar-refractivity contribution in [1.82, 2.24) is 0 Å². The molecule has 0 aliphatic carbocycles. The number of nitrogens with two attached hydrogens (primary N) is 1. The van der Waals surface area contributed by atoms with E-state index in [4.69, 9.17) is 5.73 Å². The molecule has 0 saturated carbocycles. The predicted molar refractivity (Wildman–Crippen MR) is 69.6 cm³/mol. The van der Waals surface area contributed by atoms with Gasteiger partial charge < -0.3 is 10.6 Å². The van der Waals surface area contributed by atoms with Crippen LogP contribution >= 0.6 is 0 Å². The van der Waals surface area contributed by atoms with Gasteiger partial charge in [0.2, 0.25) is 0 Å². The highest BCUT2D eigenvalue weighted by Gasteiger charge is 2.37. The zero-order valence-electron chi connectivity index (χ0n) is 10.6. The summed E-state index contributed by atoms with van der Waals surface area (Å²) < 4.78 is 13.0. The van der Waals surface area contributed by atoms with Crippen molar-refractivity contribution in [1.29, 1.82) is 0 Å². The van der Waals surface area contributed by atoms with Crippen molar-refractivity contribution < 1.29 is 4.39 Å². The SMILES string of the molecule is CC1(C)C(CN)CCCN1c1ccc(F)cc1. The highest BCUT2D eigenvalue weighted by molar-refractivity contribution is 5.49. The van der Waals surface area contributed by atoms with E-state index in [-0.39, 0.29) is 11.4 Å². The van der Waals surface area contributed by atoms with Crippen molar-refractivity contribution in [2.45, 2.75) is 32.2 Å². The van der Waals surface area contributed by atoms with Gasteiger partial charge in [0.05, 0.1) is 0 Å². The van der Waals surface area contributed by atoms with E-state index >= 15 is 0 Å². The van der Waals surface area contributed by atoms with E-state index in [0.29, 0.717) is 12.5 Å². The van der Waals surface area contributed by atoms with Crippen LogP contribution in [-0.2, 0) is 0 Å². The van der Waals surface area contributed by atoms with Crippen LogP contribution in [0.15, 0.2) is 24.3 Å². The Kier molecular flexibility index (Phi) is 3.38. The summed E-state index contributed by atoms with van der Waals surface area (Å²) >= 11 is 0. The molecule has 0 aromatic heterocycles. The lowest BCUT2D eigenvalue weighted by atomic mass is 9.79. The Hall–Kier alpha value is -1.09. The normalized spacial score (nSPS) is 23.8. The molecule has 17 heavy (non-hydrogen) atoms. The second-order valence-electron chi connectivity index (χ2n) is 5.36. The zero-order chi connectivity index (χ0) is 12.5. The topological polar surface area (TPSA) is 29.3 Å². The average molecular weight is 236 g/mol. The molecular formula is C14H21FN2. The second kappa shape index (κ2) is 4.65. The van der Waals surface area contributed by atoms with Crippen LogP contribution in [0.5, 0.6) is 0 Å². The predicted octanol–water partition coefficient (Wildman–Crippen LogP) is 2.78. The molecule has 0 bridgehead atoms. The van der Waals surface area contributed by atoms with Gasteiger partial charge in [0, 0.05) is 17.8 Å². The van der Waals surface area contributed by atoms with Crippen molar-refractivity contribution in [2.75, 3.05) is 18.0 Å². The van der Waals surface area contributed by atoms with Crippen LogP contribution in [0.25, 0.3) is 0 Å². The van der Waals surface area contributed by atoms with Gasteiger partial charge >= 0.3 is 0 Å². The maximum Gasteiger partial charge on any atom is 0.123 e. The number of piperidine rings is 1. The molecule has 1 aromatic carbocycles. The smallest absolute Gasteiger partial charge is 0.123 e. The Balaban J connectivity index is 2.27. The van der Waals surface area contributed by atoms with Crippen molar-refractivity contribution in [3.8, 4) is 0 Å². The van der Waals surface area contributed by atoms with Crippen molar-refractivity contribution >= 4 is 5.69 Å². The fraction of sp³-hybridized carbons (Fsp3) is 0.571. The summed E-state index contributed by atoms with van der Waals surface area (Å²) in [6.07, 6.45) is 2.34. The number of halogens is 1. The van der Waals surface area contributed by atoms with Crippen LogP contribution < -0.4 is 10.6 Å². The Bertz CT molecular complexity index is 372. The maximum absolute atomic E-state index is 13.0. The summed E-state index contributed by atoms with van der Waals surface area (Å²) in [6, 6.07) is 6.76. The van der Waals surface area contributed by atoms with Crippen LogP contribution in [0.4, 0.5) is 10.1 Å². The summed E-state index contributed by atoms with van der Waals surface area (Å²) in [4.78, 5) is 2.35. The molecule has 1 atom stereocenters. The number of hydrogen-bond donors (Lipinski definition) is 1. The van der Waals surface area contributed by atoms with Gasteiger partial charge in [-0.2, -0.15) is 0 Å². The molecule has 1 aliphatic rings. The van der Waals surface area contributed by atoms with Crippen molar-refractivity contribution in [3.05, 3.63) is 30.1 Å². The summed E-state index contributed by atoms with van der Waals surface area (Å²) in [6.45, 7) is 6.19. The molecule has 0 spiro atoms. The van der Waals surface area contributed by atoms with Crippen LogP contribution in [0, 0.1) is 11.7 Å². The van der Waals surface area contributed by atoms with E-state index in [2.05, 4.69) is 18.7 Å². The van der Waals surface area contributed by atoms with Crippen molar-refractivity contribution in [3.63, 3.8) is 0 Å². The molecule has 94 valence electrons. The number of rotatable bonds is 2. The quantitative estimate of drug-likeness (QED) is 0.855. The van der Waals surface area contributed by atoms with Gasteiger partial charge in [-0.25, -0.2) is 4.39 Å². The van der Waals surface area contributed by atoms with E-state index in [9.17, 15) is 4.39 Å². The zero-order valence-corrected chi connectivity index (χ0v) is 10.6. The van der Waals surface area contributed by atoms with E-state index < -0.39 is 0 Å². The lowest BCUT2D eigenvalue weighted by molar-refractivity contribution is 0.244. The highest BCUT2D eigenvalue weighted by Crippen LogP contribution is 2.36. The largest absolute Gasteiger partial charge is 0.366 e. The molecule has 1 heterocycles. The van der Waals surface area contributed by atoms with Crippen LogP contribution in [0.3, 0.4) is 0 Å². The molecule has 1 fully saturated rings. The molecule has 1 aliphatic heterocycles. The van der Waals surface area contributed by atoms with Crippen molar-refractivity contribution in [2.24, 2.45) is 11.7 Å². The van der Waals surface area contributed by atoms with Crippen LogP contribution in [0.2, 0.25) is 0 Å². The molecule has 3 heteroatoms. The molecule has 2 N–H and O–H groups in total. The molecule has 1 saturated heterocycles. The highest BCUT2D eigenvalue weighted by atomic mass is 19.1. The number of nitrogens with zero attached hydrogens (tertiary/aromatic N) is 1. The van der Waals surface area contributed by atoms with Crippen LogP contribution in [0.1, 0.15) is 26.7 Å². The van der Waals surface area contributed by atoms with E-state index in [1.54, 1.807) is 0 Å². The summed E-state index contributed by atoms with van der Waals surface area (Å²) in [5.74, 6) is 0.320. The molecule has 1 unspecified atom stereocenters. The van der Waals surface area contributed by atoms with E-state index in [0.717, 1.165) is 18.7 Å². The standard InChI is InChI=1S/C14H21FN2/c1-14(2)11(10-16)4-3-9-17(14)13-7-5-12(15)6-8-13/h5-8,11H,3-4,9-10,16H2,1-2H3. The first-order valence-corrected chi connectivity index (χ1v) is 6.29. The van der Waals surface area contributed by atoms with E-state index in [1.807, 2.05) is 12.1 Å². The average Bonchev–Trinajstić information content (AvgIpc) is 2.30. The minimum Gasteiger partial charge on any atom is -0.366 e. The number of hydrogen-bond acceptors (Lipinski definition) is 2. The molecular weight excluding hydrogens is 215 g/mol. The molecule has 0 amide bonds. The number of anilines is 1. The minimum absolute atomic E-state index is 0.0465. The summed E-state index contributed by atoms with van der Waals surface area (Å²) in [7, 11) is 0. The van der Waals surface area contributed by atoms with Gasteiger partial charge in [-0.3, -0.25) is 0 Å². The Labute approximate surface area is 103 Å². The third-order valence-corrected chi connectivity index (χ3v) is 4.05. The first kappa shape index (κ1) is 12.4. The number of benzene rings is 1. The maximum atomic E-state index is 13.0. The van der Waals surface area contributed by atoms with Gasteiger partial charge in [-0.05, 0) is 63.4 Å². The third kappa shape index (κ3) is 2.29. The summed E-state index contributed by atoms with van der Waals surface area (Å²) in [5, 5.41) is 0.